The molecule has 10 heteroatoms. The Kier molecular flexibility index (Phi) is 3.56. The molecule has 112 valence electrons. The third-order valence-electron chi connectivity index (χ3n) is 2.43. The molecule has 0 atom stereocenters. The van der Waals surface area contributed by atoms with Crippen LogP contribution in [0.3, 0.4) is 0 Å². The summed E-state index contributed by atoms with van der Waals surface area (Å²) in [6, 6.07) is 0. The lowest BCUT2D eigenvalue weighted by Crippen LogP contribution is -2.09. The van der Waals surface area contributed by atoms with Crippen molar-refractivity contribution in [3.63, 3.8) is 0 Å². The predicted octanol–water partition coefficient (Wildman–Crippen LogP) is 4.00. The molecule has 0 saturated heterocycles. The fraction of sp³-hybridized carbons (Fsp3) is 0. The second-order valence-electron chi connectivity index (χ2n) is 3.64. The van der Waals surface area contributed by atoms with Gasteiger partial charge < -0.3 is 0 Å². The summed E-state index contributed by atoms with van der Waals surface area (Å²) in [5.41, 5.74) is -3.90. The molecule has 0 amide bonds. The van der Waals surface area contributed by atoms with Gasteiger partial charge in [-0.2, -0.15) is 8.78 Å². The van der Waals surface area contributed by atoms with Gasteiger partial charge in [-0.25, -0.2) is 35.7 Å². The Morgan fingerprint density at radius 1 is 0.429 bits per heavy atom. The summed E-state index contributed by atoms with van der Waals surface area (Å²) < 4.78 is 117. The van der Waals surface area contributed by atoms with Gasteiger partial charge in [0.1, 0.15) is 5.69 Å². The highest BCUT2D eigenvalue weighted by atomic mass is 19.2. The Morgan fingerprint density at radius 2 is 0.810 bits per heavy atom. The SMILES string of the molecule is Fc1nc(-c2c(F)c(F)c(F)c(F)c2F)c(F)c(F)c1F. The van der Waals surface area contributed by atoms with Crippen molar-refractivity contribution in [2.45, 2.75) is 0 Å². The number of rotatable bonds is 1. The van der Waals surface area contributed by atoms with Gasteiger partial charge in [-0.05, 0) is 0 Å². The Hall–Kier alpha value is -2.26. The lowest BCUT2D eigenvalue weighted by molar-refractivity contribution is 0.375. The lowest BCUT2D eigenvalue weighted by Gasteiger charge is -2.09. The highest BCUT2D eigenvalue weighted by molar-refractivity contribution is 5.62. The zero-order valence-corrected chi connectivity index (χ0v) is 9.35. The van der Waals surface area contributed by atoms with Crippen LogP contribution in [-0.2, 0) is 0 Å². The van der Waals surface area contributed by atoms with E-state index < -0.39 is 63.7 Å². The van der Waals surface area contributed by atoms with Gasteiger partial charge in [0.15, 0.2) is 29.1 Å². The average molecular weight is 317 g/mol. The smallest absolute Gasteiger partial charge is 0.214 e. The molecule has 1 aromatic heterocycles. The summed E-state index contributed by atoms with van der Waals surface area (Å²) in [6.45, 7) is 0. The summed E-state index contributed by atoms with van der Waals surface area (Å²) in [7, 11) is 0. The minimum absolute atomic E-state index is 1.89. The molecule has 0 saturated carbocycles. The Balaban J connectivity index is 2.93. The van der Waals surface area contributed by atoms with Crippen molar-refractivity contribution in [2.24, 2.45) is 0 Å². The molecule has 1 heterocycles. The first-order chi connectivity index (χ1) is 9.68. The Labute approximate surface area is 109 Å². The number of nitrogens with zero attached hydrogens (tertiary/aromatic N) is 1. The van der Waals surface area contributed by atoms with Crippen LogP contribution in [0.5, 0.6) is 0 Å². The molecule has 0 unspecified atom stereocenters. The molecule has 1 aromatic carbocycles. The van der Waals surface area contributed by atoms with E-state index in [1.165, 1.54) is 0 Å². The van der Waals surface area contributed by atoms with Crippen LogP contribution in [0.2, 0.25) is 0 Å². The van der Waals surface area contributed by atoms with Crippen molar-refractivity contribution in [2.75, 3.05) is 0 Å². The topological polar surface area (TPSA) is 12.9 Å². The summed E-state index contributed by atoms with van der Waals surface area (Å²) >= 11 is 0. The molecule has 21 heavy (non-hydrogen) atoms. The van der Waals surface area contributed by atoms with Crippen LogP contribution >= 0.6 is 0 Å². The van der Waals surface area contributed by atoms with Crippen LogP contribution in [0.1, 0.15) is 0 Å². The highest BCUT2D eigenvalue weighted by Gasteiger charge is 2.31. The minimum Gasteiger partial charge on any atom is -0.214 e. The van der Waals surface area contributed by atoms with Crippen molar-refractivity contribution in [1.29, 1.82) is 0 Å². The van der Waals surface area contributed by atoms with Crippen LogP contribution in [0.15, 0.2) is 0 Å². The van der Waals surface area contributed by atoms with E-state index in [9.17, 15) is 39.5 Å². The maximum atomic E-state index is 13.4. The summed E-state index contributed by atoms with van der Waals surface area (Å²) in [5.74, 6) is -22.3. The number of benzene rings is 1. The van der Waals surface area contributed by atoms with Crippen molar-refractivity contribution >= 4 is 0 Å². The molecular weight excluding hydrogens is 317 g/mol. The van der Waals surface area contributed by atoms with E-state index in [-0.39, 0.29) is 0 Å². The van der Waals surface area contributed by atoms with E-state index in [0.29, 0.717) is 0 Å². The summed E-state index contributed by atoms with van der Waals surface area (Å²) in [4.78, 5) is 2.34. The monoisotopic (exact) mass is 317 g/mol. The standard InChI is InChI=1S/C11F9N/c12-2-1(3(13)5(15)6(16)4(2)14)10-8(18)7(17)9(19)11(20)21-10. The molecule has 1 nitrogen and oxygen atoms in total. The van der Waals surface area contributed by atoms with Crippen LogP contribution in [-0.4, -0.2) is 4.98 Å². The molecule has 0 spiro atoms. The lowest BCUT2D eigenvalue weighted by atomic mass is 10.1. The fourth-order valence-electron chi connectivity index (χ4n) is 1.47. The molecule has 2 rings (SSSR count). The second kappa shape index (κ2) is 4.93. The van der Waals surface area contributed by atoms with E-state index in [0.717, 1.165) is 0 Å². The van der Waals surface area contributed by atoms with Crippen LogP contribution in [0.25, 0.3) is 11.3 Å². The van der Waals surface area contributed by atoms with Gasteiger partial charge in [0.2, 0.25) is 17.5 Å². The number of hydrogen-bond acceptors (Lipinski definition) is 1. The first-order valence-electron chi connectivity index (χ1n) is 4.90. The third kappa shape index (κ3) is 2.10. The molecule has 0 radical (unpaired) electrons. The van der Waals surface area contributed by atoms with Gasteiger partial charge in [-0.3, -0.25) is 0 Å². The first-order valence-corrected chi connectivity index (χ1v) is 4.90. The van der Waals surface area contributed by atoms with Crippen molar-refractivity contribution in [3.05, 3.63) is 52.5 Å². The van der Waals surface area contributed by atoms with Crippen LogP contribution < -0.4 is 0 Å². The molecule has 0 aliphatic carbocycles. The summed E-state index contributed by atoms with van der Waals surface area (Å²) in [6.07, 6.45) is 0. The predicted molar refractivity (Wildman–Crippen MR) is 49.3 cm³/mol. The molecule has 2 aromatic rings. The van der Waals surface area contributed by atoms with E-state index in [1.807, 2.05) is 0 Å². The Bertz CT molecular complexity index is 727. The molecule has 0 fully saturated rings. The number of hydrogen-bond donors (Lipinski definition) is 0. The normalized spacial score (nSPS) is 11.1. The maximum absolute atomic E-state index is 13.4. The van der Waals surface area contributed by atoms with Gasteiger partial charge in [0, 0.05) is 0 Å². The van der Waals surface area contributed by atoms with Crippen molar-refractivity contribution in [1.82, 2.24) is 4.98 Å². The fourth-order valence-corrected chi connectivity index (χ4v) is 1.47. The van der Waals surface area contributed by atoms with E-state index >= 15 is 0 Å². The third-order valence-corrected chi connectivity index (χ3v) is 2.43. The maximum Gasteiger partial charge on any atom is 0.252 e. The number of halogens is 9. The van der Waals surface area contributed by atoms with Gasteiger partial charge in [-0.1, -0.05) is 0 Å². The minimum atomic E-state index is -2.56. The number of pyridine rings is 1. The van der Waals surface area contributed by atoms with Crippen LogP contribution in [0, 0.1) is 52.5 Å². The molecule has 0 N–H and O–H groups in total. The van der Waals surface area contributed by atoms with Gasteiger partial charge in [-0.15, -0.1) is 0 Å². The van der Waals surface area contributed by atoms with Gasteiger partial charge in [0.25, 0.3) is 5.95 Å². The van der Waals surface area contributed by atoms with Crippen molar-refractivity contribution in [3.8, 4) is 11.3 Å². The highest BCUT2D eigenvalue weighted by Crippen LogP contribution is 2.33. The molecule has 0 aliphatic heterocycles. The van der Waals surface area contributed by atoms with E-state index in [2.05, 4.69) is 4.98 Å². The molecular formula is C11F9N. The number of aromatic nitrogens is 1. The van der Waals surface area contributed by atoms with Crippen LogP contribution in [0.4, 0.5) is 39.5 Å². The molecule has 0 aliphatic rings. The summed E-state index contributed by atoms with van der Waals surface area (Å²) in [5, 5.41) is 0. The Morgan fingerprint density at radius 3 is 1.29 bits per heavy atom. The zero-order chi connectivity index (χ0) is 16.1. The average Bonchev–Trinajstić information content (AvgIpc) is 2.46. The quantitative estimate of drug-likeness (QED) is 0.335. The van der Waals surface area contributed by atoms with Gasteiger partial charge in [0.05, 0.1) is 5.56 Å². The second-order valence-corrected chi connectivity index (χ2v) is 3.64. The largest absolute Gasteiger partial charge is 0.252 e. The van der Waals surface area contributed by atoms with Crippen molar-refractivity contribution < 1.29 is 39.5 Å². The van der Waals surface area contributed by atoms with E-state index in [1.54, 1.807) is 0 Å². The molecule has 0 bridgehead atoms. The van der Waals surface area contributed by atoms with E-state index in [4.69, 9.17) is 0 Å². The zero-order valence-electron chi connectivity index (χ0n) is 9.35. The van der Waals surface area contributed by atoms with Gasteiger partial charge >= 0.3 is 0 Å². The first kappa shape index (κ1) is 15.1.